The number of thiocarbonyl (C=S) groups is 1. The van der Waals surface area contributed by atoms with Crippen molar-refractivity contribution in [2.24, 2.45) is 0 Å². The van der Waals surface area contributed by atoms with E-state index in [1.165, 1.54) is 22.7 Å². The second-order valence-electron chi connectivity index (χ2n) is 5.31. The summed E-state index contributed by atoms with van der Waals surface area (Å²) >= 11 is 9.85. The highest BCUT2D eigenvalue weighted by molar-refractivity contribution is 9.10. The van der Waals surface area contributed by atoms with Crippen molar-refractivity contribution in [3.05, 3.63) is 68.8 Å². The lowest BCUT2D eigenvalue weighted by Gasteiger charge is -2.09. The van der Waals surface area contributed by atoms with Gasteiger partial charge in [-0.15, -0.1) is 0 Å². The summed E-state index contributed by atoms with van der Waals surface area (Å²) in [4.78, 5) is 14.1. The van der Waals surface area contributed by atoms with Crippen molar-refractivity contribution < 1.29 is 13.9 Å². The molecule has 128 valence electrons. The van der Waals surface area contributed by atoms with Gasteiger partial charge in [0, 0.05) is 12.6 Å². The second kappa shape index (κ2) is 7.68. The summed E-state index contributed by atoms with van der Waals surface area (Å²) in [5.74, 6) is 0.200. The van der Waals surface area contributed by atoms with Gasteiger partial charge in [0.05, 0.1) is 9.38 Å². The van der Waals surface area contributed by atoms with Crippen LogP contribution in [-0.4, -0.2) is 22.2 Å². The van der Waals surface area contributed by atoms with Crippen LogP contribution in [0.25, 0.3) is 6.08 Å². The minimum absolute atomic E-state index is 0.106. The van der Waals surface area contributed by atoms with Crippen LogP contribution in [0.5, 0.6) is 5.75 Å². The molecule has 0 N–H and O–H groups in total. The van der Waals surface area contributed by atoms with Gasteiger partial charge in [-0.05, 0) is 45.8 Å². The second-order valence-corrected chi connectivity index (χ2v) is 7.84. The quantitative estimate of drug-likeness (QED) is 0.497. The Hall–Kier alpha value is -1.70. The maximum absolute atomic E-state index is 13.6. The highest BCUT2D eigenvalue weighted by Gasteiger charge is 2.28. The normalized spacial score (nSPS) is 16.0. The van der Waals surface area contributed by atoms with E-state index in [1.54, 1.807) is 37.4 Å². The first kappa shape index (κ1) is 18.1. The molecule has 0 unspecified atom stereocenters. The standard InChI is InChI=1S/C18H13BrFNO2S2/c1-21-17(22)16(25-18(21)24)9-11-6-7-15(13(19)8-11)23-10-12-4-2-3-5-14(12)20/h2-9H,10H2,1H3/b16-9-. The van der Waals surface area contributed by atoms with Crippen molar-refractivity contribution in [2.75, 3.05) is 7.05 Å². The van der Waals surface area contributed by atoms with Gasteiger partial charge in [0.2, 0.25) is 0 Å². The molecule has 0 radical (unpaired) electrons. The molecule has 3 nitrogen and oxygen atoms in total. The maximum atomic E-state index is 13.6. The number of likely N-dealkylation sites (N-methyl/N-ethyl adjacent to an activating group) is 1. The van der Waals surface area contributed by atoms with E-state index in [1.807, 2.05) is 12.1 Å². The van der Waals surface area contributed by atoms with E-state index in [-0.39, 0.29) is 18.3 Å². The zero-order valence-electron chi connectivity index (χ0n) is 13.2. The largest absolute Gasteiger partial charge is 0.488 e. The number of rotatable bonds is 4. The summed E-state index contributed by atoms with van der Waals surface area (Å²) in [5, 5.41) is 0. The van der Waals surface area contributed by atoms with Crippen LogP contribution in [0.2, 0.25) is 0 Å². The third kappa shape index (κ3) is 4.11. The van der Waals surface area contributed by atoms with Crippen LogP contribution >= 0.6 is 39.9 Å². The topological polar surface area (TPSA) is 29.5 Å². The first-order valence-corrected chi connectivity index (χ1v) is 9.35. The molecule has 0 bridgehead atoms. The van der Waals surface area contributed by atoms with E-state index in [0.29, 0.717) is 20.5 Å². The Labute approximate surface area is 163 Å². The molecular weight excluding hydrogens is 425 g/mol. The number of halogens is 2. The molecule has 0 aromatic heterocycles. The van der Waals surface area contributed by atoms with Crippen LogP contribution in [0.15, 0.2) is 51.8 Å². The van der Waals surface area contributed by atoms with E-state index >= 15 is 0 Å². The summed E-state index contributed by atoms with van der Waals surface area (Å²) in [6, 6.07) is 12.0. The van der Waals surface area contributed by atoms with Crippen molar-refractivity contribution in [3.8, 4) is 5.75 Å². The Kier molecular flexibility index (Phi) is 5.56. The number of amides is 1. The van der Waals surface area contributed by atoms with Crippen molar-refractivity contribution in [2.45, 2.75) is 6.61 Å². The molecule has 0 atom stereocenters. The van der Waals surface area contributed by atoms with Crippen molar-refractivity contribution in [3.63, 3.8) is 0 Å². The third-order valence-corrected chi connectivity index (χ3v) is 5.69. The molecule has 0 saturated carbocycles. The highest BCUT2D eigenvalue weighted by Crippen LogP contribution is 2.33. The van der Waals surface area contributed by atoms with Gasteiger partial charge in [-0.3, -0.25) is 9.69 Å². The summed E-state index contributed by atoms with van der Waals surface area (Å²) in [6.07, 6.45) is 1.79. The molecular formula is C18H13BrFNO2S2. The maximum Gasteiger partial charge on any atom is 0.265 e. The molecule has 3 rings (SSSR count). The Bertz CT molecular complexity index is 885. The minimum Gasteiger partial charge on any atom is -0.488 e. The highest BCUT2D eigenvalue weighted by atomic mass is 79.9. The van der Waals surface area contributed by atoms with Gasteiger partial charge in [0.15, 0.2) is 0 Å². The number of carbonyl (C=O) groups excluding carboxylic acids is 1. The number of thioether (sulfide) groups is 1. The lowest BCUT2D eigenvalue weighted by molar-refractivity contribution is -0.121. The molecule has 1 saturated heterocycles. The summed E-state index contributed by atoms with van der Waals surface area (Å²) in [5.41, 5.74) is 1.34. The summed E-state index contributed by atoms with van der Waals surface area (Å²) < 4.78 is 20.6. The first-order valence-electron chi connectivity index (χ1n) is 7.33. The smallest absolute Gasteiger partial charge is 0.265 e. The molecule has 1 aliphatic rings. The van der Waals surface area contributed by atoms with E-state index in [2.05, 4.69) is 15.9 Å². The van der Waals surface area contributed by atoms with Crippen LogP contribution in [0.1, 0.15) is 11.1 Å². The van der Waals surface area contributed by atoms with Gasteiger partial charge in [-0.1, -0.05) is 48.2 Å². The average molecular weight is 438 g/mol. The summed E-state index contributed by atoms with van der Waals surface area (Å²) in [6.45, 7) is 0.138. The fraction of sp³-hybridized carbons (Fsp3) is 0.111. The zero-order chi connectivity index (χ0) is 18.0. The van der Waals surface area contributed by atoms with Crippen LogP contribution in [0.3, 0.4) is 0 Å². The van der Waals surface area contributed by atoms with Crippen LogP contribution in [-0.2, 0) is 11.4 Å². The van der Waals surface area contributed by atoms with Gasteiger partial charge in [0.1, 0.15) is 22.5 Å². The van der Waals surface area contributed by atoms with Gasteiger partial charge in [-0.2, -0.15) is 0 Å². The van der Waals surface area contributed by atoms with Crippen LogP contribution < -0.4 is 4.74 Å². The monoisotopic (exact) mass is 437 g/mol. The number of ether oxygens (including phenoxy) is 1. The van der Waals surface area contributed by atoms with E-state index in [0.717, 1.165) is 10.0 Å². The van der Waals surface area contributed by atoms with Gasteiger partial charge in [-0.25, -0.2) is 4.39 Å². The average Bonchev–Trinajstić information content (AvgIpc) is 2.82. The Morgan fingerprint density at radius 1 is 1.32 bits per heavy atom. The lowest BCUT2D eigenvalue weighted by Crippen LogP contribution is -2.22. The van der Waals surface area contributed by atoms with Crippen molar-refractivity contribution in [1.82, 2.24) is 4.90 Å². The van der Waals surface area contributed by atoms with Gasteiger partial charge < -0.3 is 4.74 Å². The fourth-order valence-corrected chi connectivity index (χ4v) is 3.88. The van der Waals surface area contributed by atoms with Crippen molar-refractivity contribution >= 4 is 56.2 Å². The van der Waals surface area contributed by atoms with E-state index in [9.17, 15) is 9.18 Å². The molecule has 7 heteroatoms. The number of benzene rings is 2. The predicted octanol–water partition coefficient (Wildman–Crippen LogP) is 5.00. The Balaban J connectivity index is 1.74. The number of hydrogen-bond acceptors (Lipinski definition) is 4. The molecule has 0 aliphatic carbocycles. The van der Waals surface area contributed by atoms with Gasteiger partial charge in [0.25, 0.3) is 5.91 Å². The first-order chi connectivity index (χ1) is 12.0. The fourth-order valence-electron chi connectivity index (χ4n) is 2.19. The van der Waals surface area contributed by atoms with E-state index < -0.39 is 0 Å². The third-order valence-electron chi connectivity index (χ3n) is 3.58. The number of nitrogens with zero attached hydrogens (tertiary/aromatic N) is 1. The lowest BCUT2D eigenvalue weighted by atomic mass is 10.2. The van der Waals surface area contributed by atoms with Gasteiger partial charge >= 0.3 is 0 Å². The molecule has 1 aliphatic heterocycles. The van der Waals surface area contributed by atoms with Crippen molar-refractivity contribution in [1.29, 1.82) is 0 Å². The minimum atomic E-state index is -0.295. The molecule has 1 fully saturated rings. The van der Waals surface area contributed by atoms with Crippen LogP contribution in [0.4, 0.5) is 4.39 Å². The zero-order valence-corrected chi connectivity index (χ0v) is 16.4. The molecule has 1 heterocycles. The number of carbonyl (C=O) groups is 1. The van der Waals surface area contributed by atoms with Crippen LogP contribution in [0, 0.1) is 5.82 Å². The summed E-state index contributed by atoms with van der Waals surface area (Å²) in [7, 11) is 1.66. The predicted molar refractivity (Wildman–Crippen MR) is 106 cm³/mol. The molecule has 2 aromatic carbocycles. The Morgan fingerprint density at radius 2 is 2.08 bits per heavy atom. The van der Waals surface area contributed by atoms with E-state index in [4.69, 9.17) is 17.0 Å². The molecule has 0 spiro atoms. The Morgan fingerprint density at radius 3 is 2.72 bits per heavy atom. The molecule has 25 heavy (non-hydrogen) atoms. The molecule has 1 amide bonds. The molecule has 2 aromatic rings. The number of hydrogen-bond donors (Lipinski definition) is 0. The SMILES string of the molecule is CN1C(=O)/C(=C/c2ccc(OCc3ccccc3F)c(Br)c2)SC1=S.